The minimum absolute atomic E-state index is 0.172. The Balaban J connectivity index is 1.84. The molecule has 0 amide bonds. The lowest BCUT2D eigenvalue weighted by Crippen LogP contribution is -2.29. The summed E-state index contributed by atoms with van der Waals surface area (Å²) in [5.41, 5.74) is 1.89. The normalized spacial score (nSPS) is 13.2. The molecular weight excluding hydrogens is 324 g/mol. The van der Waals surface area contributed by atoms with Crippen molar-refractivity contribution in [2.75, 3.05) is 0 Å². The second-order valence-electron chi connectivity index (χ2n) is 6.54. The molecule has 0 radical (unpaired) electrons. The molecule has 0 aliphatic heterocycles. The van der Waals surface area contributed by atoms with Gasteiger partial charge in [-0.15, -0.1) is 0 Å². The average Bonchev–Trinajstić information content (AvgIpc) is 2.66. The minimum atomic E-state index is -0.815. The van der Waals surface area contributed by atoms with Crippen molar-refractivity contribution in [3.63, 3.8) is 0 Å². The van der Waals surface area contributed by atoms with Crippen LogP contribution in [0.2, 0.25) is 0 Å². The third-order valence-electron chi connectivity index (χ3n) is 4.73. The van der Waals surface area contributed by atoms with Gasteiger partial charge in [0.15, 0.2) is 0 Å². The highest BCUT2D eigenvalue weighted by Gasteiger charge is 2.32. The van der Waals surface area contributed by atoms with E-state index in [2.05, 4.69) is 0 Å². The van der Waals surface area contributed by atoms with E-state index >= 15 is 0 Å². The van der Waals surface area contributed by atoms with Crippen molar-refractivity contribution >= 4 is 22.5 Å². The van der Waals surface area contributed by atoms with Crippen molar-refractivity contribution in [2.24, 2.45) is 5.92 Å². The SMILES string of the molecule is CC(=O)C(C(=O)OCc1ccccc1)C(C)c1cccc2ccccc12. The molecule has 3 aromatic carbocycles. The van der Waals surface area contributed by atoms with Crippen LogP contribution < -0.4 is 0 Å². The lowest BCUT2D eigenvalue weighted by atomic mass is 9.83. The van der Waals surface area contributed by atoms with Gasteiger partial charge in [-0.25, -0.2) is 0 Å². The molecular formula is C23H22O3. The monoisotopic (exact) mass is 346 g/mol. The van der Waals surface area contributed by atoms with E-state index in [-0.39, 0.29) is 18.3 Å². The Morgan fingerprint density at radius 3 is 2.27 bits per heavy atom. The second kappa shape index (κ2) is 7.96. The lowest BCUT2D eigenvalue weighted by molar-refractivity contribution is -0.153. The topological polar surface area (TPSA) is 43.4 Å². The molecule has 0 spiro atoms. The van der Waals surface area contributed by atoms with Crippen molar-refractivity contribution < 1.29 is 14.3 Å². The number of hydrogen-bond donors (Lipinski definition) is 0. The Morgan fingerprint density at radius 1 is 0.885 bits per heavy atom. The highest BCUT2D eigenvalue weighted by atomic mass is 16.5. The third-order valence-corrected chi connectivity index (χ3v) is 4.73. The van der Waals surface area contributed by atoms with E-state index in [1.165, 1.54) is 6.92 Å². The van der Waals surface area contributed by atoms with Gasteiger partial charge in [-0.3, -0.25) is 9.59 Å². The van der Waals surface area contributed by atoms with Crippen molar-refractivity contribution in [2.45, 2.75) is 26.4 Å². The number of fused-ring (bicyclic) bond motifs is 1. The standard InChI is InChI=1S/C23H22O3/c1-16(20-14-8-12-19-11-6-7-13-21(19)20)22(17(2)24)23(25)26-15-18-9-4-3-5-10-18/h3-14,16,22H,15H2,1-2H3. The van der Waals surface area contributed by atoms with Gasteiger partial charge in [0.05, 0.1) is 0 Å². The second-order valence-corrected chi connectivity index (χ2v) is 6.54. The molecule has 2 atom stereocenters. The van der Waals surface area contributed by atoms with Crippen molar-refractivity contribution in [1.82, 2.24) is 0 Å². The van der Waals surface area contributed by atoms with Crippen LogP contribution in [0.5, 0.6) is 0 Å². The van der Waals surface area contributed by atoms with Gasteiger partial charge in [0.1, 0.15) is 18.3 Å². The number of hydrogen-bond acceptors (Lipinski definition) is 3. The molecule has 3 aromatic rings. The van der Waals surface area contributed by atoms with Crippen LogP contribution in [0.25, 0.3) is 10.8 Å². The number of ketones is 1. The van der Waals surface area contributed by atoms with E-state index < -0.39 is 11.9 Å². The summed E-state index contributed by atoms with van der Waals surface area (Å²) in [5, 5.41) is 2.15. The first-order valence-electron chi connectivity index (χ1n) is 8.76. The van der Waals surface area contributed by atoms with Gasteiger partial charge in [-0.2, -0.15) is 0 Å². The molecule has 0 aliphatic carbocycles. The first kappa shape index (κ1) is 17.9. The van der Waals surface area contributed by atoms with Crippen LogP contribution in [-0.2, 0) is 20.9 Å². The van der Waals surface area contributed by atoms with Crippen molar-refractivity contribution in [3.8, 4) is 0 Å². The van der Waals surface area contributed by atoms with E-state index in [1.54, 1.807) is 0 Å². The Hall–Kier alpha value is -2.94. The van der Waals surface area contributed by atoms with Crippen LogP contribution in [0, 0.1) is 5.92 Å². The average molecular weight is 346 g/mol. The molecule has 0 N–H and O–H groups in total. The molecule has 0 heterocycles. The fourth-order valence-electron chi connectivity index (χ4n) is 3.37. The number of esters is 1. The number of carbonyl (C=O) groups excluding carboxylic acids is 2. The van der Waals surface area contributed by atoms with Crippen LogP contribution in [-0.4, -0.2) is 11.8 Å². The zero-order valence-corrected chi connectivity index (χ0v) is 15.0. The highest BCUT2D eigenvalue weighted by molar-refractivity contribution is 5.99. The molecule has 3 heteroatoms. The predicted octanol–water partition coefficient (Wildman–Crippen LogP) is 4.89. The number of benzene rings is 3. The first-order valence-corrected chi connectivity index (χ1v) is 8.76. The van der Waals surface area contributed by atoms with E-state index in [0.717, 1.165) is 21.9 Å². The van der Waals surface area contributed by atoms with Crippen LogP contribution in [0.3, 0.4) is 0 Å². The Bertz CT molecular complexity index is 910. The van der Waals surface area contributed by atoms with E-state index in [4.69, 9.17) is 4.74 Å². The smallest absolute Gasteiger partial charge is 0.317 e. The predicted molar refractivity (Wildman–Crippen MR) is 103 cm³/mol. The van der Waals surface area contributed by atoms with Crippen LogP contribution in [0.15, 0.2) is 72.8 Å². The zero-order valence-electron chi connectivity index (χ0n) is 15.0. The van der Waals surface area contributed by atoms with Gasteiger partial charge >= 0.3 is 5.97 Å². The molecule has 0 saturated heterocycles. The summed E-state index contributed by atoms with van der Waals surface area (Å²) in [5.74, 6) is -1.73. The third kappa shape index (κ3) is 3.83. The molecule has 0 aliphatic rings. The molecule has 0 aromatic heterocycles. The quantitative estimate of drug-likeness (QED) is 0.471. The van der Waals surface area contributed by atoms with E-state index in [1.807, 2.05) is 79.7 Å². The van der Waals surface area contributed by atoms with Crippen molar-refractivity contribution in [3.05, 3.63) is 83.9 Å². The summed E-state index contributed by atoms with van der Waals surface area (Å²) in [7, 11) is 0. The van der Waals surface area contributed by atoms with E-state index in [9.17, 15) is 9.59 Å². The Morgan fingerprint density at radius 2 is 1.54 bits per heavy atom. The Kier molecular flexibility index (Phi) is 5.47. The summed E-state index contributed by atoms with van der Waals surface area (Å²) < 4.78 is 5.45. The summed E-state index contributed by atoms with van der Waals surface area (Å²) >= 11 is 0. The van der Waals surface area contributed by atoms with Crippen LogP contribution >= 0.6 is 0 Å². The van der Waals surface area contributed by atoms with Gasteiger partial charge in [-0.1, -0.05) is 79.7 Å². The fourth-order valence-corrected chi connectivity index (χ4v) is 3.37. The summed E-state index contributed by atoms with van der Waals surface area (Å²) in [6.07, 6.45) is 0. The highest BCUT2D eigenvalue weighted by Crippen LogP contribution is 2.32. The van der Waals surface area contributed by atoms with Gasteiger partial charge in [-0.05, 0) is 28.8 Å². The van der Waals surface area contributed by atoms with Gasteiger partial charge in [0.25, 0.3) is 0 Å². The fraction of sp³-hybridized carbons (Fsp3) is 0.217. The molecule has 2 unspecified atom stereocenters. The van der Waals surface area contributed by atoms with Crippen LogP contribution in [0.4, 0.5) is 0 Å². The van der Waals surface area contributed by atoms with Gasteiger partial charge < -0.3 is 4.74 Å². The lowest BCUT2D eigenvalue weighted by Gasteiger charge is -2.22. The molecule has 3 rings (SSSR count). The maximum atomic E-state index is 12.7. The van der Waals surface area contributed by atoms with Crippen molar-refractivity contribution in [1.29, 1.82) is 0 Å². The van der Waals surface area contributed by atoms with Crippen LogP contribution in [0.1, 0.15) is 30.9 Å². The number of Topliss-reactive ketones (excluding diaryl/α,β-unsaturated/α-hetero) is 1. The number of carbonyl (C=O) groups is 2. The number of rotatable bonds is 6. The van der Waals surface area contributed by atoms with Gasteiger partial charge in [0.2, 0.25) is 0 Å². The molecule has 0 saturated carbocycles. The Labute approximate surface area is 153 Å². The van der Waals surface area contributed by atoms with E-state index in [0.29, 0.717) is 0 Å². The first-order chi connectivity index (χ1) is 12.6. The molecule has 26 heavy (non-hydrogen) atoms. The largest absolute Gasteiger partial charge is 0.460 e. The molecule has 3 nitrogen and oxygen atoms in total. The summed E-state index contributed by atoms with van der Waals surface area (Å²) in [4.78, 5) is 24.9. The molecule has 0 bridgehead atoms. The molecule has 0 fully saturated rings. The maximum absolute atomic E-state index is 12.7. The summed E-state index contributed by atoms with van der Waals surface area (Å²) in [6, 6.07) is 23.4. The minimum Gasteiger partial charge on any atom is -0.460 e. The number of ether oxygens (including phenoxy) is 1. The maximum Gasteiger partial charge on any atom is 0.317 e. The van der Waals surface area contributed by atoms with Gasteiger partial charge in [0, 0.05) is 5.92 Å². The zero-order chi connectivity index (χ0) is 18.5. The summed E-state index contributed by atoms with van der Waals surface area (Å²) in [6.45, 7) is 3.54. The molecule has 132 valence electrons.